The number of rotatable bonds is 9. The van der Waals surface area contributed by atoms with Gasteiger partial charge in [-0.25, -0.2) is 9.18 Å². The number of ether oxygens (including phenoxy) is 1. The lowest BCUT2D eigenvalue weighted by Gasteiger charge is -2.29. The first-order valence-electron chi connectivity index (χ1n) is 9.52. The number of carbonyl (C=O) groups excluding carboxylic acids is 1. The summed E-state index contributed by atoms with van der Waals surface area (Å²) in [5, 5.41) is 1.69. The first-order chi connectivity index (χ1) is 13.9. The molecule has 0 bridgehead atoms. The van der Waals surface area contributed by atoms with Crippen molar-refractivity contribution in [2.45, 2.75) is 31.4 Å². The SMILES string of the molecule is C=CC1CC1(NC(=O)OCc1ccccc1)P(=O)(Cc1cccc(F)c1)OCC. The minimum Gasteiger partial charge on any atom is -0.445 e. The molecule has 2 aromatic rings. The molecular formula is C22H25FNO4P. The molecule has 0 heterocycles. The molecule has 7 heteroatoms. The van der Waals surface area contributed by atoms with Crippen LogP contribution < -0.4 is 5.32 Å². The van der Waals surface area contributed by atoms with Gasteiger partial charge in [0.25, 0.3) is 0 Å². The van der Waals surface area contributed by atoms with Gasteiger partial charge in [0, 0.05) is 5.92 Å². The topological polar surface area (TPSA) is 64.6 Å². The van der Waals surface area contributed by atoms with Crippen LogP contribution in [0, 0.1) is 11.7 Å². The lowest BCUT2D eigenvalue weighted by atomic mass is 10.2. The van der Waals surface area contributed by atoms with Crippen molar-refractivity contribution >= 4 is 13.5 Å². The molecule has 0 saturated heterocycles. The molecule has 1 amide bonds. The Balaban J connectivity index is 1.78. The molecule has 3 rings (SSSR count). The normalized spacial score (nSPS) is 22.3. The fraction of sp³-hybridized carbons (Fsp3) is 0.318. The van der Waals surface area contributed by atoms with Crippen molar-refractivity contribution in [1.29, 1.82) is 0 Å². The van der Waals surface area contributed by atoms with Crippen molar-refractivity contribution in [3.05, 3.63) is 84.2 Å². The Morgan fingerprint density at radius 2 is 2.00 bits per heavy atom. The van der Waals surface area contributed by atoms with Crippen molar-refractivity contribution in [3.63, 3.8) is 0 Å². The summed E-state index contributed by atoms with van der Waals surface area (Å²) >= 11 is 0. The number of nitrogens with one attached hydrogen (secondary N) is 1. The van der Waals surface area contributed by atoms with Gasteiger partial charge in [-0.2, -0.15) is 0 Å². The standard InChI is InChI=1S/C22H25FNO4P/c1-3-19-14-22(19,24-21(25)27-15-17-9-6-5-7-10-17)29(26,28-4-2)16-18-11-8-12-20(23)13-18/h3,5-13,19H,1,4,14-16H2,2H3,(H,24,25). The lowest BCUT2D eigenvalue weighted by molar-refractivity contribution is 0.136. The number of benzene rings is 2. The van der Waals surface area contributed by atoms with Crippen molar-refractivity contribution in [1.82, 2.24) is 5.32 Å². The molecule has 0 spiro atoms. The highest BCUT2D eigenvalue weighted by atomic mass is 31.2. The minimum atomic E-state index is -3.42. The number of hydrogen-bond acceptors (Lipinski definition) is 4. The predicted molar refractivity (Wildman–Crippen MR) is 110 cm³/mol. The van der Waals surface area contributed by atoms with Crippen molar-refractivity contribution in [3.8, 4) is 0 Å². The van der Waals surface area contributed by atoms with Crippen LogP contribution in [0.5, 0.6) is 0 Å². The second-order valence-corrected chi connectivity index (χ2v) is 9.76. The van der Waals surface area contributed by atoms with E-state index in [9.17, 15) is 13.8 Å². The van der Waals surface area contributed by atoms with Gasteiger partial charge in [0.05, 0.1) is 12.8 Å². The van der Waals surface area contributed by atoms with Crippen molar-refractivity contribution in [2.24, 2.45) is 5.92 Å². The summed E-state index contributed by atoms with van der Waals surface area (Å²) in [5.41, 5.74) is 1.40. The molecule has 5 nitrogen and oxygen atoms in total. The van der Waals surface area contributed by atoms with Crippen molar-refractivity contribution in [2.75, 3.05) is 6.61 Å². The number of halogens is 1. The summed E-state index contributed by atoms with van der Waals surface area (Å²) in [4.78, 5) is 12.5. The van der Waals surface area contributed by atoms with E-state index in [1.54, 1.807) is 25.1 Å². The maximum absolute atomic E-state index is 13.9. The average Bonchev–Trinajstić information content (AvgIpc) is 3.42. The van der Waals surface area contributed by atoms with Crippen LogP contribution in [0.25, 0.3) is 0 Å². The lowest BCUT2D eigenvalue weighted by Crippen LogP contribution is -2.39. The van der Waals surface area contributed by atoms with Gasteiger partial charge in [-0.3, -0.25) is 4.57 Å². The Morgan fingerprint density at radius 3 is 2.62 bits per heavy atom. The van der Waals surface area contributed by atoms with Crippen LogP contribution in [0.4, 0.5) is 9.18 Å². The van der Waals surface area contributed by atoms with E-state index in [0.717, 1.165) is 5.56 Å². The molecule has 1 aliphatic carbocycles. The molecule has 29 heavy (non-hydrogen) atoms. The van der Waals surface area contributed by atoms with E-state index < -0.39 is 24.6 Å². The van der Waals surface area contributed by atoms with Crippen LogP contribution in [-0.2, 0) is 26.6 Å². The van der Waals surface area contributed by atoms with E-state index in [4.69, 9.17) is 9.26 Å². The van der Waals surface area contributed by atoms with Crippen LogP contribution in [0.15, 0.2) is 67.3 Å². The summed E-state index contributed by atoms with van der Waals surface area (Å²) in [7, 11) is -3.42. The molecule has 1 aliphatic rings. The molecule has 3 unspecified atom stereocenters. The predicted octanol–water partition coefficient (Wildman–Crippen LogP) is 5.47. The highest BCUT2D eigenvalue weighted by Crippen LogP contribution is 2.73. The van der Waals surface area contributed by atoms with Crippen LogP contribution in [0.2, 0.25) is 0 Å². The van der Waals surface area contributed by atoms with Crippen LogP contribution in [0.1, 0.15) is 24.5 Å². The Labute approximate surface area is 170 Å². The summed E-state index contributed by atoms with van der Waals surface area (Å²) in [6.45, 7) is 5.83. The van der Waals surface area contributed by atoms with Gasteiger partial charge in [-0.15, -0.1) is 6.58 Å². The molecule has 1 fully saturated rings. The monoisotopic (exact) mass is 417 g/mol. The first kappa shape index (κ1) is 21.3. The third-order valence-electron chi connectivity index (χ3n) is 5.03. The average molecular weight is 417 g/mol. The summed E-state index contributed by atoms with van der Waals surface area (Å²) in [5.74, 6) is -0.622. The highest BCUT2D eigenvalue weighted by molar-refractivity contribution is 7.60. The molecule has 0 radical (unpaired) electrons. The summed E-state index contributed by atoms with van der Waals surface area (Å²) in [6, 6.07) is 15.2. The highest BCUT2D eigenvalue weighted by Gasteiger charge is 2.66. The number of hydrogen-bond donors (Lipinski definition) is 1. The fourth-order valence-electron chi connectivity index (χ4n) is 3.50. The molecule has 1 N–H and O–H groups in total. The molecule has 1 saturated carbocycles. The van der Waals surface area contributed by atoms with Gasteiger partial charge < -0.3 is 14.6 Å². The largest absolute Gasteiger partial charge is 0.445 e. The molecule has 2 aromatic carbocycles. The fourth-order valence-corrected chi connectivity index (χ4v) is 6.54. The van der Waals surface area contributed by atoms with Crippen molar-refractivity contribution < 1.29 is 23.0 Å². The van der Waals surface area contributed by atoms with E-state index in [0.29, 0.717) is 12.0 Å². The maximum atomic E-state index is 13.9. The van der Waals surface area contributed by atoms with Gasteiger partial charge in [-0.05, 0) is 36.6 Å². The zero-order chi connectivity index (χ0) is 20.9. The molecule has 3 atom stereocenters. The van der Waals surface area contributed by atoms with Gasteiger partial charge in [0.1, 0.15) is 17.7 Å². The first-order valence-corrected chi connectivity index (χ1v) is 11.3. The number of carbonyl (C=O) groups is 1. The van der Waals surface area contributed by atoms with E-state index >= 15 is 0 Å². The van der Waals surface area contributed by atoms with Crippen LogP contribution in [-0.4, -0.2) is 18.0 Å². The number of amides is 1. The van der Waals surface area contributed by atoms with E-state index in [-0.39, 0.29) is 25.3 Å². The zero-order valence-corrected chi connectivity index (χ0v) is 17.2. The second kappa shape index (κ2) is 8.93. The quantitative estimate of drug-likeness (QED) is 0.434. The minimum absolute atomic E-state index is 0.0158. The van der Waals surface area contributed by atoms with Gasteiger partial charge >= 0.3 is 6.09 Å². The van der Waals surface area contributed by atoms with Gasteiger partial charge in [0.15, 0.2) is 0 Å². The number of alkyl carbamates (subject to hydrolysis) is 1. The van der Waals surface area contributed by atoms with E-state index in [1.807, 2.05) is 30.3 Å². The van der Waals surface area contributed by atoms with Gasteiger partial charge in [-0.1, -0.05) is 48.5 Å². The zero-order valence-electron chi connectivity index (χ0n) is 16.3. The van der Waals surface area contributed by atoms with E-state index in [1.165, 1.54) is 12.1 Å². The third-order valence-corrected chi connectivity index (χ3v) is 8.32. The van der Waals surface area contributed by atoms with Crippen LogP contribution in [0.3, 0.4) is 0 Å². The second-order valence-electron chi connectivity index (χ2n) is 7.04. The van der Waals surface area contributed by atoms with Crippen LogP contribution >= 0.6 is 7.37 Å². The molecular weight excluding hydrogens is 392 g/mol. The Hall–Kier alpha value is -2.43. The summed E-state index contributed by atoms with van der Waals surface area (Å²) < 4.78 is 38.5. The molecule has 0 aromatic heterocycles. The third kappa shape index (κ3) is 4.77. The van der Waals surface area contributed by atoms with Gasteiger partial charge in [0.2, 0.25) is 7.37 Å². The summed E-state index contributed by atoms with van der Waals surface area (Å²) in [6.07, 6.45) is 1.44. The Bertz CT molecular complexity index is 920. The molecule has 154 valence electrons. The van der Waals surface area contributed by atoms with E-state index in [2.05, 4.69) is 11.9 Å². The Kier molecular flexibility index (Phi) is 6.56. The maximum Gasteiger partial charge on any atom is 0.408 e. The Morgan fingerprint density at radius 1 is 1.28 bits per heavy atom. The smallest absolute Gasteiger partial charge is 0.408 e. The molecule has 0 aliphatic heterocycles.